The standard InChI is InChI=1S/C18H26N4O3S/c1-13-16(26-14(2)20-13)18(23)21-7-4-15(5-8-21)17-19-6-9-22(17)12-25-11-10-24-3/h6,9,15H,4-5,7-8,10-12H2,1-3H3. The number of thiazole rings is 1. The Kier molecular flexibility index (Phi) is 6.39. The van der Waals surface area contributed by atoms with Crippen molar-refractivity contribution < 1.29 is 14.3 Å². The zero-order valence-corrected chi connectivity index (χ0v) is 16.4. The van der Waals surface area contributed by atoms with Gasteiger partial charge in [0.15, 0.2) is 0 Å². The van der Waals surface area contributed by atoms with E-state index in [2.05, 4.69) is 14.5 Å². The van der Waals surface area contributed by atoms with Crippen LogP contribution < -0.4 is 0 Å². The molecule has 1 saturated heterocycles. The SMILES string of the molecule is COCCOCn1ccnc1C1CCN(C(=O)c2sc(C)nc2C)CC1. The van der Waals surface area contributed by atoms with Crippen LogP contribution >= 0.6 is 11.3 Å². The Morgan fingerprint density at radius 3 is 2.73 bits per heavy atom. The summed E-state index contributed by atoms with van der Waals surface area (Å²) in [5.41, 5.74) is 0.836. The molecular formula is C18H26N4O3S. The van der Waals surface area contributed by atoms with Crippen LogP contribution in [0.25, 0.3) is 0 Å². The van der Waals surface area contributed by atoms with Crippen molar-refractivity contribution in [3.63, 3.8) is 0 Å². The molecule has 26 heavy (non-hydrogen) atoms. The van der Waals surface area contributed by atoms with Crippen molar-refractivity contribution in [2.45, 2.75) is 39.3 Å². The molecule has 7 nitrogen and oxygen atoms in total. The minimum Gasteiger partial charge on any atom is -0.382 e. The van der Waals surface area contributed by atoms with Crippen LogP contribution in [0.15, 0.2) is 12.4 Å². The number of nitrogens with zero attached hydrogens (tertiary/aromatic N) is 4. The average Bonchev–Trinajstić information content (AvgIpc) is 3.24. The lowest BCUT2D eigenvalue weighted by Gasteiger charge is -2.31. The zero-order valence-electron chi connectivity index (χ0n) is 15.6. The van der Waals surface area contributed by atoms with Gasteiger partial charge in [-0.25, -0.2) is 9.97 Å². The van der Waals surface area contributed by atoms with E-state index in [0.29, 0.717) is 25.9 Å². The molecular weight excluding hydrogens is 352 g/mol. The predicted octanol–water partition coefficient (Wildman–Crippen LogP) is 2.60. The Hall–Kier alpha value is -1.77. The van der Waals surface area contributed by atoms with Gasteiger partial charge in [0, 0.05) is 38.5 Å². The third kappa shape index (κ3) is 4.31. The summed E-state index contributed by atoms with van der Waals surface area (Å²) >= 11 is 1.48. The first kappa shape index (κ1) is 19.0. The highest BCUT2D eigenvalue weighted by molar-refractivity contribution is 7.13. The minimum atomic E-state index is 0.109. The molecule has 0 radical (unpaired) electrons. The number of hydrogen-bond donors (Lipinski definition) is 0. The van der Waals surface area contributed by atoms with Gasteiger partial charge < -0.3 is 18.9 Å². The van der Waals surface area contributed by atoms with Gasteiger partial charge in [-0.15, -0.1) is 11.3 Å². The van der Waals surface area contributed by atoms with E-state index in [1.54, 1.807) is 7.11 Å². The fourth-order valence-corrected chi connectivity index (χ4v) is 4.20. The number of aryl methyl sites for hydroxylation is 2. The van der Waals surface area contributed by atoms with Crippen molar-refractivity contribution in [1.82, 2.24) is 19.4 Å². The Balaban J connectivity index is 1.56. The molecule has 0 atom stereocenters. The summed E-state index contributed by atoms with van der Waals surface area (Å²) in [5.74, 6) is 1.50. The number of likely N-dealkylation sites (tertiary alicyclic amines) is 1. The number of hydrogen-bond acceptors (Lipinski definition) is 6. The second kappa shape index (κ2) is 8.75. The molecule has 3 heterocycles. The first-order valence-electron chi connectivity index (χ1n) is 8.91. The van der Waals surface area contributed by atoms with Crippen LogP contribution in [-0.2, 0) is 16.2 Å². The molecule has 8 heteroatoms. The maximum atomic E-state index is 12.7. The summed E-state index contributed by atoms with van der Waals surface area (Å²) in [4.78, 5) is 24.4. The van der Waals surface area contributed by atoms with Crippen LogP contribution in [0.2, 0.25) is 0 Å². The van der Waals surface area contributed by atoms with E-state index in [9.17, 15) is 4.79 Å². The maximum absolute atomic E-state index is 12.7. The number of aromatic nitrogens is 3. The topological polar surface area (TPSA) is 69.5 Å². The first-order valence-corrected chi connectivity index (χ1v) is 9.72. The number of ether oxygens (including phenoxy) is 2. The molecule has 1 aliphatic rings. The monoisotopic (exact) mass is 378 g/mol. The summed E-state index contributed by atoms with van der Waals surface area (Å²) in [6.45, 7) is 6.97. The number of methoxy groups -OCH3 is 1. The molecule has 0 spiro atoms. The summed E-state index contributed by atoms with van der Waals surface area (Å²) < 4.78 is 12.7. The van der Waals surface area contributed by atoms with Gasteiger partial charge in [-0.3, -0.25) is 4.79 Å². The molecule has 1 fully saturated rings. The van der Waals surface area contributed by atoms with Crippen molar-refractivity contribution in [2.75, 3.05) is 33.4 Å². The van der Waals surface area contributed by atoms with Gasteiger partial charge in [-0.05, 0) is 26.7 Å². The third-order valence-electron chi connectivity index (χ3n) is 4.65. The summed E-state index contributed by atoms with van der Waals surface area (Å²) in [5, 5.41) is 0.941. The Morgan fingerprint density at radius 1 is 1.31 bits per heavy atom. The lowest BCUT2D eigenvalue weighted by atomic mass is 9.95. The molecule has 2 aromatic rings. The largest absolute Gasteiger partial charge is 0.382 e. The smallest absolute Gasteiger partial charge is 0.265 e. The normalized spacial score (nSPS) is 15.6. The van der Waals surface area contributed by atoms with E-state index in [1.165, 1.54) is 11.3 Å². The van der Waals surface area contributed by atoms with Crippen molar-refractivity contribution >= 4 is 17.2 Å². The first-order chi connectivity index (χ1) is 12.6. The molecule has 0 unspecified atom stereocenters. The Bertz CT molecular complexity index is 735. The van der Waals surface area contributed by atoms with E-state index >= 15 is 0 Å². The average molecular weight is 378 g/mol. The Labute approximate surface area is 158 Å². The maximum Gasteiger partial charge on any atom is 0.265 e. The number of imidazole rings is 1. The van der Waals surface area contributed by atoms with Gasteiger partial charge in [0.2, 0.25) is 0 Å². The molecule has 0 saturated carbocycles. The van der Waals surface area contributed by atoms with E-state index in [1.807, 2.05) is 31.1 Å². The van der Waals surface area contributed by atoms with Crippen LogP contribution in [0, 0.1) is 13.8 Å². The van der Waals surface area contributed by atoms with Gasteiger partial charge >= 0.3 is 0 Å². The molecule has 2 aromatic heterocycles. The van der Waals surface area contributed by atoms with E-state index in [4.69, 9.17) is 9.47 Å². The van der Waals surface area contributed by atoms with E-state index in [0.717, 1.165) is 47.3 Å². The summed E-state index contributed by atoms with van der Waals surface area (Å²) in [6, 6.07) is 0. The third-order valence-corrected chi connectivity index (χ3v) is 5.72. The summed E-state index contributed by atoms with van der Waals surface area (Å²) in [6.07, 6.45) is 5.59. The zero-order chi connectivity index (χ0) is 18.5. The van der Waals surface area contributed by atoms with Crippen LogP contribution in [-0.4, -0.2) is 58.8 Å². The fourth-order valence-electron chi connectivity index (χ4n) is 3.31. The molecule has 0 bridgehead atoms. The van der Waals surface area contributed by atoms with E-state index in [-0.39, 0.29) is 5.91 Å². The lowest BCUT2D eigenvalue weighted by molar-refractivity contribution is 0.0318. The molecule has 0 N–H and O–H groups in total. The second-order valence-electron chi connectivity index (χ2n) is 6.50. The van der Waals surface area contributed by atoms with Crippen molar-refractivity contribution in [3.05, 3.63) is 33.8 Å². The molecule has 1 amide bonds. The summed E-state index contributed by atoms with van der Waals surface area (Å²) in [7, 11) is 1.66. The number of piperidine rings is 1. The number of rotatable bonds is 7. The van der Waals surface area contributed by atoms with Gasteiger partial charge in [0.1, 0.15) is 17.4 Å². The van der Waals surface area contributed by atoms with Crippen molar-refractivity contribution in [1.29, 1.82) is 0 Å². The van der Waals surface area contributed by atoms with Crippen LogP contribution in [0.4, 0.5) is 0 Å². The van der Waals surface area contributed by atoms with E-state index < -0.39 is 0 Å². The van der Waals surface area contributed by atoms with Gasteiger partial charge in [0.05, 0.1) is 23.9 Å². The highest BCUT2D eigenvalue weighted by Gasteiger charge is 2.28. The lowest BCUT2D eigenvalue weighted by Crippen LogP contribution is -2.38. The number of carbonyl (C=O) groups excluding carboxylic acids is 1. The Morgan fingerprint density at radius 2 is 2.08 bits per heavy atom. The van der Waals surface area contributed by atoms with Gasteiger partial charge in [-0.2, -0.15) is 0 Å². The highest BCUT2D eigenvalue weighted by atomic mass is 32.1. The molecule has 142 valence electrons. The van der Waals surface area contributed by atoms with Crippen molar-refractivity contribution in [2.24, 2.45) is 0 Å². The molecule has 0 aromatic carbocycles. The van der Waals surface area contributed by atoms with Crippen LogP contribution in [0.3, 0.4) is 0 Å². The molecule has 3 rings (SSSR count). The van der Waals surface area contributed by atoms with Gasteiger partial charge in [-0.1, -0.05) is 0 Å². The fraction of sp³-hybridized carbons (Fsp3) is 0.611. The second-order valence-corrected chi connectivity index (χ2v) is 7.70. The minimum absolute atomic E-state index is 0.109. The highest BCUT2D eigenvalue weighted by Crippen LogP contribution is 2.29. The number of amides is 1. The van der Waals surface area contributed by atoms with Crippen LogP contribution in [0.1, 0.15) is 45.0 Å². The van der Waals surface area contributed by atoms with Crippen LogP contribution in [0.5, 0.6) is 0 Å². The number of carbonyl (C=O) groups is 1. The predicted molar refractivity (Wildman–Crippen MR) is 99.5 cm³/mol. The molecule has 0 aliphatic carbocycles. The van der Waals surface area contributed by atoms with Crippen molar-refractivity contribution in [3.8, 4) is 0 Å². The van der Waals surface area contributed by atoms with Gasteiger partial charge in [0.25, 0.3) is 5.91 Å². The molecule has 1 aliphatic heterocycles. The quantitative estimate of drug-likeness (QED) is 0.693.